The van der Waals surface area contributed by atoms with Crippen LogP contribution < -0.4 is 11.1 Å². The minimum Gasteiger partial charge on any atom is -0.481 e. The van der Waals surface area contributed by atoms with Gasteiger partial charge in [0, 0.05) is 21.8 Å². The van der Waals surface area contributed by atoms with Gasteiger partial charge in [0.25, 0.3) is 5.91 Å². The Kier molecular flexibility index (Phi) is 4.09. The van der Waals surface area contributed by atoms with Crippen LogP contribution in [-0.4, -0.2) is 23.0 Å². The number of hydrogen-bond donors (Lipinski definition) is 3. The molecule has 0 spiro atoms. The molecule has 102 valence electrons. The lowest BCUT2D eigenvalue weighted by atomic mass is 10.1. The third-order valence-corrected chi connectivity index (χ3v) is 3.85. The van der Waals surface area contributed by atoms with Gasteiger partial charge in [-0.1, -0.05) is 0 Å². The second kappa shape index (κ2) is 5.61. The fourth-order valence-corrected chi connectivity index (χ4v) is 2.32. The van der Waals surface area contributed by atoms with E-state index in [0.717, 1.165) is 12.8 Å². The molecule has 0 radical (unpaired) electrons. The Bertz CT molecular complexity index is 515. The maximum atomic E-state index is 12.1. The number of halogens is 1. The molecule has 1 unspecified atom stereocenters. The molecular formula is C13H15BrN2O3. The molecule has 0 aliphatic heterocycles. The van der Waals surface area contributed by atoms with E-state index in [1.54, 1.807) is 18.2 Å². The number of benzene rings is 1. The molecule has 1 aromatic rings. The molecule has 0 aromatic heterocycles. The molecule has 1 aliphatic carbocycles. The van der Waals surface area contributed by atoms with Crippen LogP contribution in [0.15, 0.2) is 22.7 Å². The number of nitrogen functional groups attached to an aromatic ring is 1. The lowest BCUT2D eigenvalue weighted by molar-refractivity contribution is -0.137. The summed E-state index contributed by atoms with van der Waals surface area (Å²) < 4.78 is 0.654. The molecule has 0 heterocycles. The summed E-state index contributed by atoms with van der Waals surface area (Å²) >= 11 is 3.26. The molecule has 1 saturated carbocycles. The van der Waals surface area contributed by atoms with Crippen LogP contribution in [0.3, 0.4) is 0 Å². The second-order valence-corrected chi connectivity index (χ2v) is 5.61. The third-order valence-electron chi connectivity index (χ3n) is 3.16. The summed E-state index contributed by atoms with van der Waals surface area (Å²) in [6.45, 7) is 0. The Morgan fingerprint density at radius 1 is 1.47 bits per heavy atom. The lowest BCUT2D eigenvalue weighted by Gasteiger charge is -2.16. The lowest BCUT2D eigenvalue weighted by Crippen LogP contribution is -2.38. The number of anilines is 1. The van der Waals surface area contributed by atoms with Gasteiger partial charge in [0.05, 0.1) is 6.42 Å². The van der Waals surface area contributed by atoms with Gasteiger partial charge in [0.1, 0.15) is 0 Å². The van der Waals surface area contributed by atoms with Crippen molar-refractivity contribution in [2.75, 3.05) is 5.73 Å². The topological polar surface area (TPSA) is 92.4 Å². The number of amides is 1. The standard InChI is InChI=1S/C13H15BrN2O3/c14-9-5-8(3-4-10(9)15)13(19)16-11(6-12(17)18)7-1-2-7/h3-5,7,11H,1-2,6,15H2,(H,16,19)(H,17,18). The van der Waals surface area contributed by atoms with Crippen molar-refractivity contribution in [2.45, 2.75) is 25.3 Å². The van der Waals surface area contributed by atoms with Crippen molar-refractivity contribution in [1.82, 2.24) is 5.32 Å². The van der Waals surface area contributed by atoms with Gasteiger partial charge in [-0.3, -0.25) is 9.59 Å². The molecule has 0 bridgehead atoms. The van der Waals surface area contributed by atoms with E-state index in [2.05, 4.69) is 21.2 Å². The highest BCUT2D eigenvalue weighted by Gasteiger charge is 2.33. The monoisotopic (exact) mass is 326 g/mol. The smallest absolute Gasteiger partial charge is 0.305 e. The predicted molar refractivity (Wildman–Crippen MR) is 74.8 cm³/mol. The number of nitrogens with two attached hydrogens (primary N) is 1. The van der Waals surface area contributed by atoms with Gasteiger partial charge in [-0.15, -0.1) is 0 Å². The first-order chi connectivity index (χ1) is 8.97. The van der Waals surface area contributed by atoms with Gasteiger partial charge < -0.3 is 16.2 Å². The van der Waals surface area contributed by atoms with E-state index in [9.17, 15) is 9.59 Å². The second-order valence-electron chi connectivity index (χ2n) is 4.75. The molecule has 19 heavy (non-hydrogen) atoms. The first kappa shape index (κ1) is 13.9. The van der Waals surface area contributed by atoms with E-state index >= 15 is 0 Å². The minimum absolute atomic E-state index is 0.0352. The zero-order valence-electron chi connectivity index (χ0n) is 10.2. The average molecular weight is 327 g/mol. The zero-order chi connectivity index (χ0) is 14.0. The number of carboxylic acid groups (broad SMARTS) is 1. The Labute approximate surface area is 119 Å². The summed E-state index contributed by atoms with van der Waals surface area (Å²) in [6, 6.07) is 4.61. The maximum absolute atomic E-state index is 12.1. The Morgan fingerprint density at radius 2 is 2.16 bits per heavy atom. The van der Waals surface area contributed by atoms with E-state index in [1.165, 1.54) is 0 Å². The summed E-state index contributed by atoms with van der Waals surface area (Å²) in [5.74, 6) is -0.869. The van der Waals surface area contributed by atoms with Crippen molar-refractivity contribution in [1.29, 1.82) is 0 Å². The third kappa shape index (κ3) is 3.70. The van der Waals surface area contributed by atoms with Gasteiger partial charge in [-0.25, -0.2) is 0 Å². The molecule has 1 aliphatic rings. The van der Waals surface area contributed by atoms with Crippen LogP contribution in [0, 0.1) is 5.92 Å². The summed E-state index contributed by atoms with van der Waals surface area (Å²) in [5, 5.41) is 11.6. The number of carbonyl (C=O) groups is 2. The van der Waals surface area contributed by atoms with Crippen LogP contribution in [0.5, 0.6) is 0 Å². The number of carboxylic acids is 1. The Morgan fingerprint density at radius 3 is 2.68 bits per heavy atom. The zero-order valence-corrected chi connectivity index (χ0v) is 11.8. The Balaban J connectivity index is 2.05. The first-order valence-electron chi connectivity index (χ1n) is 6.05. The van der Waals surface area contributed by atoms with Gasteiger partial charge >= 0.3 is 5.97 Å². The van der Waals surface area contributed by atoms with Crippen molar-refractivity contribution >= 4 is 33.5 Å². The van der Waals surface area contributed by atoms with Crippen LogP contribution in [0.1, 0.15) is 29.6 Å². The molecule has 1 fully saturated rings. The molecule has 0 saturated heterocycles. The number of nitrogens with one attached hydrogen (secondary N) is 1. The molecule has 1 aromatic carbocycles. The highest BCUT2D eigenvalue weighted by atomic mass is 79.9. The number of rotatable bonds is 5. The van der Waals surface area contributed by atoms with Gasteiger partial charge in [0.15, 0.2) is 0 Å². The number of carbonyl (C=O) groups excluding carboxylic acids is 1. The number of hydrogen-bond acceptors (Lipinski definition) is 3. The van der Waals surface area contributed by atoms with Gasteiger partial charge in [-0.05, 0) is 52.9 Å². The van der Waals surface area contributed by atoms with E-state index in [-0.39, 0.29) is 24.3 Å². The van der Waals surface area contributed by atoms with Crippen LogP contribution in [0.25, 0.3) is 0 Å². The largest absolute Gasteiger partial charge is 0.481 e. The summed E-state index contributed by atoms with van der Waals surface area (Å²) in [4.78, 5) is 22.9. The van der Waals surface area contributed by atoms with E-state index in [4.69, 9.17) is 10.8 Å². The molecular weight excluding hydrogens is 312 g/mol. The van der Waals surface area contributed by atoms with E-state index < -0.39 is 5.97 Å². The molecule has 4 N–H and O–H groups in total. The average Bonchev–Trinajstić information content (AvgIpc) is 3.15. The van der Waals surface area contributed by atoms with Crippen molar-refractivity contribution in [3.05, 3.63) is 28.2 Å². The highest BCUT2D eigenvalue weighted by Crippen LogP contribution is 2.34. The molecule has 1 amide bonds. The quantitative estimate of drug-likeness (QED) is 0.722. The predicted octanol–water partition coefficient (Wildman–Crippen LogP) is 2.01. The fourth-order valence-electron chi connectivity index (χ4n) is 1.94. The molecule has 6 heteroatoms. The number of aliphatic carboxylic acids is 1. The van der Waals surface area contributed by atoms with E-state index in [1.807, 2.05) is 0 Å². The van der Waals surface area contributed by atoms with Gasteiger partial charge in [0.2, 0.25) is 0 Å². The summed E-state index contributed by atoms with van der Waals surface area (Å²) in [7, 11) is 0. The Hall–Kier alpha value is -1.56. The van der Waals surface area contributed by atoms with Crippen LogP contribution in [-0.2, 0) is 4.79 Å². The normalized spacial score (nSPS) is 15.8. The van der Waals surface area contributed by atoms with Crippen molar-refractivity contribution in [3.63, 3.8) is 0 Å². The molecule has 1 atom stereocenters. The molecule has 5 nitrogen and oxygen atoms in total. The van der Waals surface area contributed by atoms with Crippen LogP contribution in [0.4, 0.5) is 5.69 Å². The first-order valence-corrected chi connectivity index (χ1v) is 6.84. The van der Waals surface area contributed by atoms with Crippen molar-refractivity contribution < 1.29 is 14.7 Å². The fraction of sp³-hybridized carbons (Fsp3) is 0.385. The van der Waals surface area contributed by atoms with Crippen LogP contribution in [0.2, 0.25) is 0 Å². The van der Waals surface area contributed by atoms with Crippen molar-refractivity contribution in [3.8, 4) is 0 Å². The molecule has 2 rings (SSSR count). The van der Waals surface area contributed by atoms with E-state index in [0.29, 0.717) is 15.7 Å². The highest BCUT2D eigenvalue weighted by molar-refractivity contribution is 9.10. The van der Waals surface area contributed by atoms with Crippen LogP contribution >= 0.6 is 15.9 Å². The summed E-state index contributed by atoms with van der Waals surface area (Å²) in [6.07, 6.45) is 1.92. The minimum atomic E-state index is -0.893. The van der Waals surface area contributed by atoms with Gasteiger partial charge in [-0.2, -0.15) is 0 Å². The SMILES string of the molecule is Nc1ccc(C(=O)NC(CC(=O)O)C2CC2)cc1Br. The van der Waals surface area contributed by atoms with Crippen molar-refractivity contribution in [2.24, 2.45) is 5.92 Å². The summed E-state index contributed by atoms with van der Waals surface area (Å²) in [5.41, 5.74) is 6.68. The maximum Gasteiger partial charge on any atom is 0.305 e.